The molecule has 1 amide bonds. The summed E-state index contributed by atoms with van der Waals surface area (Å²) < 4.78 is 0.781. The Bertz CT molecular complexity index is 614. The lowest BCUT2D eigenvalue weighted by atomic mass is 10.2. The molecule has 1 heterocycles. The van der Waals surface area contributed by atoms with Gasteiger partial charge in [0.25, 0.3) is 5.91 Å². The normalized spacial score (nSPS) is 10.5. The fraction of sp³-hybridized carbons (Fsp3) is 0.231. The number of thiazole rings is 1. The van der Waals surface area contributed by atoms with Gasteiger partial charge in [0.15, 0.2) is 0 Å². The molecule has 0 saturated carbocycles. The quantitative estimate of drug-likeness (QED) is 0.825. The predicted molar refractivity (Wildman–Crippen MR) is 81.8 cm³/mol. The van der Waals surface area contributed by atoms with Gasteiger partial charge < -0.3 is 4.90 Å². The minimum atomic E-state index is -0.0694. The molecule has 0 bridgehead atoms. The number of carbonyl (C=O) groups is 1. The fourth-order valence-electron chi connectivity index (χ4n) is 1.65. The van der Waals surface area contributed by atoms with Gasteiger partial charge in [0, 0.05) is 22.5 Å². The average molecular weight is 360 g/mol. The Hall–Kier alpha value is -0.910. The molecule has 3 nitrogen and oxygen atoms in total. The highest BCUT2D eigenvalue weighted by Gasteiger charge is 2.14. The van der Waals surface area contributed by atoms with Gasteiger partial charge in [-0.1, -0.05) is 11.6 Å². The highest BCUT2D eigenvalue weighted by Crippen LogP contribution is 2.24. The second kappa shape index (κ2) is 6.03. The molecule has 0 aliphatic carbocycles. The van der Waals surface area contributed by atoms with Crippen LogP contribution in [-0.4, -0.2) is 22.8 Å². The number of hydrogen-bond acceptors (Lipinski definition) is 3. The summed E-state index contributed by atoms with van der Waals surface area (Å²) in [5.74, 6) is -0.0694. The number of benzene rings is 1. The first-order valence-corrected chi connectivity index (χ1v) is 7.64. The first-order valence-electron chi connectivity index (χ1n) is 5.59. The molecule has 0 N–H and O–H groups in total. The van der Waals surface area contributed by atoms with E-state index in [1.165, 1.54) is 0 Å². The molecule has 100 valence electrons. The van der Waals surface area contributed by atoms with Crippen molar-refractivity contribution in [3.8, 4) is 0 Å². The molecule has 0 atom stereocenters. The van der Waals surface area contributed by atoms with Crippen molar-refractivity contribution in [2.24, 2.45) is 0 Å². The van der Waals surface area contributed by atoms with Crippen LogP contribution in [0.25, 0.3) is 0 Å². The molecule has 0 fully saturated rings. The van der Waals surface area contributed by atoms with E-state index in [9.17, 15) is 4.79 Å². The maximum Gasteiger partial charge on any atom is 0.254 e. The highest BCUT2D eigenvalue weighted by atomic mass is 79.9. The van der Waals surface area contributed by atoms with Crippen LogP contribution in [0, 0.1) is 6.92 Å². The van der Waals surface area contributed by atoms with Gasteiger partial charge in [0.1, 0.15) is 0 Å². The summed E-state index contributed by atoms with van der Waals surface area (Å²) in [6.45, 7) is 2.45. The maximum absolute atomic E-state index is 12.2. The average Bonchev–Trinajstić information content (AvgIpc) is 2.77. The van der Waals surface area contributed by atoms with Gasteiger partial charge in [-0.05, 0) is 41.1 Å². The van der Waals surface area contributed by atoms with Crippen LogP contribution in [0.1, 0.15) is 21.1 Å². The number of hydrogen-bond donors (Lipinski definition) is 0. The van der Waals surface area contributed by atoms with Crippen LogP contribution < -0.4 is 0 Å². The number of amides is 1. The van der Waals surface area contributed by atoms with E-state index in [-0.39, 0.29) is 5.91 Å². The van der Waals surface area contributed by atoms with Gasteiger partial charge in [0.05, 0.1) is 22.3 Å². The van der Waals surface area contributed by atoms with Crippen molar-refractivity contribution >= 4 is 44.8 Å². The molecule has 0 aliphatic heterocycles. The van der Waals surface area contributed by atoms with Crippen LogP contribution in [0.3, 0.4) is 0 Å². The first-order chi connectivity index (χ1) is 8.97. The van der Waals surface area contributed by atoms with Crippen molar-refractivity contribution in [1.29, 1.82) is 0 Å². The zero-order chi connectivity index (χ0) is 14.0. The summed E-state index contributed by atoms with van der Waals surface area (Å²) in [7, 11) is 1.76. The summed E-state index contributed by atoms with van der Waals surface area (Å²) in [6, 6.07) is 5.19. The van der Waals surface area contributed by atoms with E-state index < -0.39 is 0 Å². The van der Waals surface area contributed by atoms with Crippen LogP contribution in [0.4, 0.5) is 0 Å². The first kappa shape index (κ1) is 14.5. The van der Waals surface area contributed by atoms with E-state index in [1.807, 2.05) is 12.3 Å². The Balaban J connectivity index is 2.12. The zero-order valence-corrected chi connectivity index (χ0v) is 13.6. The van der Waals surface area contributed by atoms with Crippen molar-refractivity contribution in [3.05, 3.63) is 49.3 Å². The molecule has 1 aromatic carbocycles. The zero-order valence-electron chi connectivity index (χ0n) is 10.5. The van der Waals surface area contributed by atoms with Crippen molar-refractivity contribution in [3.63, 3.8) is 0 Å². The highest BCUT2D eigenvalue weighted by molar-refractivity contribution is 9.10. The van der Waals surface area contributed by atoms with Gasteiger partial charge >= 0.3 is 0 Å². The topological polar surface area (TPSA) is 33.2 Å². The van der Waals surface area contributed by atoms with E-state index in [0.29, 0.717) is 17.1 Å². The van der Waals surface area contributed by atoms with Crippen molar-refractivity contribution in [2.75, 3.05) is 7.05 Å². The summed E-state index contributed by atoms with van der Waals surface area (Å²) in [4.78, 5) is 18.2. The van der Waals surface area contributed by atoms with Gasteiger partial charge in [-0.2, -0.15) is 0 Å². The molecule has 0 unspecified atom stereocenters. The van der Waals surface area contributed by atoms with Gasteiger partial charge in [-0.3, -0.25) is 4.79 Å². The molecule has 19 heavy (non-hydrogen) atoms. The van der Waals surface area contributed by atoms with Gasteiger partial charge in [0.2, 0.25) is 0 Å². The monoisotopic (exact) mass is 358 g/mol. The van der Waals surface area contributed by atoms with E-state index in [4.69, 9.17) is 11.6 Å². The second-order valence-electron chi connectivity index (χ2n) is 4.15. The van der Waals surface area contributed by atoms with Crippen LogP contribution in [0.2, 0.25) is 5.02 Å². The lowest BCUT2D eigenvalue weighted by molar-refractivity contribution is 0.0783. The third kappa shape index (κ3) is 3.55. The number of rotatable bonds is 3. The molecule has 2 aromatic rings. The van der Waals surface area contributed by atoms with Crippen molar-refractivity contribution in [1.82, 2.24) is 9.88 Å². The SMILES string of the molecule is Cc1nc(CN(C)C(=O)c2ccc(Br)c(Cl)c2)cs1. The minimum absolute atomic E-state index is 0.0694. The number of nitrogens with zero attached hydrogens (tertiary/aromatic N) is 2. The summed E-state index contributed by atoms with van der Waals surface area (Å²) >= 11 is 10.9. The van der Waals surface area contributed by atoms with E-state index in [1.54, 1.807) is 41.5 Å². The fourth-order valence-corrected chi connectivity index (χ4v) is 2.68. The number of halogens is 2. The Morgan fingerprint density at radius 2 is 2.26 bits per heavy atom. The van der Waals surface area contributed by atoms with Crippen LogP contribution in [0.5, 0.6) is 0 Å². The largest absolute Gasteiger partial charge is 0.336 e. The smallest absolute Gasteiger partial charge is 0.254 e. The molecule has 0 radical (unpaired) electrons. The standard InChI is InChI=1S/C13H12BrClN2OS/c1-8-16-10(7-19-8)6-17(2)13(18)9-3-4-11(14)12(15)5-9/h3-5,7H,6H2,1-2H3. The Labute approximate surface area is 129 Å². The molecule has 1 aromatic heterocycles. The van der Waals surface area contributed by atoms with E-state index >= 15 is 0 Å². The van der Waals surface area contributed by atoms with Gasteiger partial charge in [-0.15, -0.1) is 11.3 Å². The molecular formula is C13H12BrClN2OS. The Morgan fingerprint density at radius 1 is 1.53 bits per heavy atom. The Kier molecular flexibility index (Phi) is 4.60. The third-order valence-electron chi connectivity index (χ3n) is 2.58. The second-order valence-corrected chi connectivity index (χ2v) is 6.47. The molecule has 0 aliphatic rings. The van der Waals surface area contributed by atoms with Crippen LogP contribution in [0.15, 0.2) is 28.1 Å². The van der Waals surface area contributed by atoms with Crippen molar-refractivity contribution in [2.45, 2.75) is 13.5 Å². The minimum Gasteiger partial charge on any atom is -0.336 e. The van der Waals surface area contributed by atoms with Crippen LogP contribution >= 0.6 is 38.9 Å². The number of carbonyl (C=O) groups excluding carboxylic acids is 1. The molecule has 2 rings (SSSR count). The molecule has 6 heteroatoms. The lowest BCUT2D eigenvalue weighted by Gasteiger charge is -2.16. The number of aryl methyl sites for hydroxylation is 1. The predicted octanol–water partition coefficient (Wildman–Crippen LogP) is 4.14. The van der Waals surface area contributed by atoms with E-state index in [0.717, 1.165) is 15.2 Å². The Morgan fingerprint density at radius 3 is 2.84 bits per heavy atom. The molecule has 0 spiro atoms. The summed E-state index contributed by atoms with van der Waals surface area (Å²) in [5, 5.41) is 3.50. The summed E-state index contributed by atoms with van der Waals surface area (Å²) in [6.07, 6.45) is 0. The van der Waals surface area contributed by atoms with Crippen LogP contribution in [-0.2, 0) is 6.54 Å². The van der Waals surface area contributed by atoms with E-state index in [2.05, 4.69) is 20.9 Å². The molecular weight excluding hydrogens is 348 g/mol. The maximum atomic E-state index is 12.2. The molecule has 0 saturated heterocycles. The lowest BCUT2D eigenvalue weighted by Crippen LogP contribution is -2.26. The number of aromatic nitrogens is 1. The van der Waals surface area contributed by atoms with Crippen molar-refractivity contribution < 1.29 is 4.79 Å². The third-order valence-corrected chi connectivity index (χ3v) is 4.63. The van der Waals surface area contributed by atoms with Gasteiger partial charge in [-0.25, -0.2) is 4.98 Å². The summed E-state index contributed by atoms with van der Waals surface area (Å²) in [5.41, 5.74) is 1.48.